The Morgan fingerprint density at radius 2 is 2.11 bits per heavy atom. The van der Waals surface area contributed by atoms with Gasteiger partial charge < -0.3 is 24.0 Å². The molecule has 0 N–H and O–H groups in total. The van der Waals surface area contributed by atoms with Gasteiger partial charge in [0.1, 0.15) is 11.9 Å². The molecule has 9 heteroatoms. The molecule has 37 heavy (non-hydrogen) atoms. The third-order valence-electron chi connectivity index (χ3n) is 8.93. The van der Waals surface area contributed by atoms with Crippen LogP contribution in [0.25, 0.3) is 6.08 Å². The summed E-state index contributed by atoms with van der Waals surface area (Å²) in [5.74, 6) is 1.95. The van der Waals surface area contributed by atoms with Gasteiger partial charge in [-0.05, 0) is 73.3 Å². The van der Waals surface area contributed by atoms with Gasteiger partial charge in [-0.25, -0.2) is 0 Å². The number of thiophene rings is 1. The van der Waals surface area contributed by atoms with E-state index in [1.807, 2.05) is 29.5 Å². The van der Waals surface area contributed by atoms with Gasteiger partial charge in [-0.15, -0.1) is 11.3 Å². The highest BCUT2D eigenvalue weighted by molar-refractivity contribution is 9.10. The fraction of sp³-hybridized carbons (Fsp3) is 0.500. The Balaban J connectivity index is 1.42. The van der Waals surface area contributed by atoms with Crippen molar-refractivity contribution in [2.24, 2.45) is 5.92 Å². The molecule has 1 saturated heterocycles. The molecule has 2 fully saturated rings. The molecule has 1 saturated carbocycles. The molecule has 2 aliphatic carbocycles. The Kier molecular flexibility index (Phi) is 6.16. The van der Waals surface area contributed by atoms with E-state index in [4.69, 9.17) is 14.2 Å². The number of piperidine rings is 1. The Labute approximate surface area is 229 Å². The number of hydrogen-bond acceptors (Lipinski definition) is 7. The van der Waals surface area contributed by atoms with Crippen LogP contribution in [0.3, 0.4) is 0 Å². The molecule has 196 valence electrons. The first-order chi connectivity index (χ1) is 17.7. The molecule has 1 amide bonds. The SMILES string of the molecule is COc1cc(OC(C)=O)c2c3c1O[C@H]1[C@H](N(C)C(=O)/C=C/c4cc(Br)cs4)CC[C@H]4[C@@H](C2)N(C)CC[C@@]341. The van der Waals surface area contributed by atoms with Crippen LogP contribution in [0, 0.1) is 5.92 Å². The minimum Gasteiger partial charge on any atom is -0.493 e. The summed E-state index contributed by atoms with van der Waals surface area (Å²) in [4.78, 5) is 30.7. The van der Waals surface area contributed by atoms with E-state index in [-0.39, 0.29) is 29.4 Å². The number of rotatable bonds is 5. The van der Waals surface area contributed by atoms with Crippen LogP contribution in [-0.2, 0) is 21.4 Å². The van der Waals surface area contributed by atoms with Crippen molar-refractivity contribution in [1.29, 1.82) is 0 Å². The first kappa shape index (κ1) is 24.9. The third-order valence-corrected chi connectivity index (χ3v) is 10.6. The minimum absolute atomic E-state index is 0.0305. The van der Waals surface area contributed by atoms with Crippen LogP contribution in [-0.4, -0.2) is 67.6 Å². The zero-order valence-electron chi connectivity index (χ0n) is 21.5. The zero-order chi connectivity index (χ0) is 26.1. The molecular weight excluding hydrogens is 556 g/mol. The second kappa shape index (κ2) is 9.13. The molecule has 1 aromatic carbocycles. The van der Waals surface area contributed by atoms with E-state index in [9.17, 15) is 9.59 Å². The molecule has 7 nitrogen and oxygen atoms in total. The first-order valence-corrected chi connectivity index (χ1v) is 14.4. The van der Waals surface area contributed by atoms with Crippen molar-refractivity contribution < 1.29 is 23.8 Å². The molecule has 2 aromatic rings. The topological polar surface area (TPSA) is 68.3 Å². The molecule has 1 spiro atoms. The van der Waals surface area contributed by atoms with E-state index in [1.165, 1.54) is 6.92 Å². The standard InChI is InChI=1S/C28H31BrN2O5S/c1-15(32)35-22-13-23(34-4)26-25-18(22)12-21-19-6-7-20(27(36-26)28(19,25)9-10-30(21)2)31(3)24(33)8-5-17-11-16(29)14-37-17/h5,8,11,13-14,19-21,27H,6-7,9-10,12H2,1-4H3/b8-5+/t19-,20+,21+,27-,28-/m0/s1. The summed E-state index contributed by atoms with van der Waals surface area (Å²) in [6.45, 7) is 2.39. The van der Waals surface area contributed by atoms with E-state index in [0.29, 0.717) is 23.5 Å². The number of likely N-dealkylation sites (tertiary alicyclic amines) is 1. The van der Waals surface area contributed by atoms with Gasteiger partial charge in [0, 0.05) is 63.4 Å². The predicted molar refractivity (Wildman–Crippen MR) is 145 cm³/mol. The van der Waals surface area contributed by atoms with E-state index in [1.54, 1.807) is 30.6 Å². The number of esters is 1. The first-order valence-electron chi connectivity index (χ1n) is 12.7. The fourth-order valence-corrected chi connectivity index (χ4v) is 8.73. The summed E-state index contributed by atoms with van der Waals surface area (Å²) in [6, 6.07) is 4.06. The van der Waals surface area contributed by atoms with Crippen molar-refractivity contribution in [3.8, 4) is 17.2 Å². The van der Waals surface area contributed by atoms with Crippen LogP contribution in [0.2, 0.25) is 0 Å². The average Bonchev–Trinajstić information content (AvgIpc) is 3.44. The maximum atomic E-state index is 13.4. The van der Waals surface area contributed by atoms with Gasteiger partial charge >= 0.3 is 5.97 Å². The van der Waals surface area contributed by atoms with Gasteiger partial charge in [-0.3, -0.25) is 9.59 Å². The Morgan fingerprint density at radius 1 is 1.30 bits per heavy atom. The predicted octanol–water partition coefficient (Wildman–Crippen LogP) is 4.65. The second-order valence-electron chi connectivity index (χ2n) is 10.6. The smallest absolute Gasteiger partial charge is 0.308 e. The molecular formula is C28H31BrN2O5S. The van der Waals surface area contributed by atoms with E-state index < -0.39 is 0 Å². The lowest BCUT2D eigenvalue weighted by atomic mass is 9.51. The van der Waals surface area contributed by atoms with Gasteiger partial charge in [0.15, 0.2) is 11.5 Å². The van der Waals surface area contributed by atoms with Crippen molar-refractivity contribution in [2.45, 2.75) is 56.2 Å². The lowest BCUT2D eigenvalue weighted by Gasteiger charge is -2.59. The average molecular weight is 588 g/mol. The lowest BCUT2D eigenvalue weighted by molar-refractivity contribution is -0.135. The molecule has 0 radical (unpaired) electrons. The van der Waals surface area contributed by atoms with Gasteiger partial charge in [-0.1, -0.05) is 0 Å². The van der Waals surface area contributed by atoms with Gasteiger partial charge in [-0.2, -0.15) is 0 Å². The third kappa shape index (κ3) is 3.76. The number of methoxy groups -OCH3 is 1. The normalized spacial score (nSPS) is 29.5. The molecule has 6 rings (SSSR count). The summed E-state index contributed by atoms with van der Waals surface area (Å²) >= 11 is 5.07. The highest BCUT2D eigenvalue weighted by Crippen LogP contribution is 2.65. The van der Waals surface area contributed by atoms with Crippen molar-refractivity contribution in [2.75, 3.05) is 27.7 Å². The highest BCUT2D eigenvalue weighted by atomic mass is 79.9. The number of carbonyl (C=O) groups excluding carboxylic acids is 2. The van der Waals surface area contributed by atoms with Crippen LogP contribution in [0.15, 0.2) is 28.1 Å². The second-order valence-corrected chi connectivity index (χ2v) is 12.5. The number of ether oxygens (including phenoxy) is 3. The number of halogens is 1. The zero-order valence-corrected chi connectivity index (χ0v) is 23.9. The molecule has 3 heterocycles. The number of likely N-dealkylation sites (N-methyl/N-ethyl adjacent to an activating group) is 2. The van der Waals surface area contributed by atoms with Crippen LogP contribution in [0.4, 0.5) is 0 Å². The maximum Gasteiger partial charge on any atom is 0.308 e. The Morgan fingerprint density at radius 3 is 2.81 bits per heavy atom. The number of benzene rings is 1. The van der Waals surface area contributed by atoms with Crippen LogP contribution in [0.1, 0.15) is 42.2 Å². The van der Waals surface area contributed by atoms with E-state index in [2.05, 4.69) is 27.9 Å². The lowest BCUT2D eigenvalue weighted by Crippen LogP contribution is -2.68. The molecule has 2 bridgehead atoms. The highest BCUT2D eigenvalue weighted by Gasteiger charge is 2.66. The molecule has 1 aromatic heterocycles. The van der Waals surface area contributed by atoms with Crippen LogP contribution < -0.4 is 14.2 Å². The monoisotopic (exact) mass is 586 g/mol. The van der Waals surface area contributed by atoms with Gasteiger partial charge in [0.2, 0.25) is 5.91 Å². The van der Waals surface area contributed by atoms with Crippen LogP contribution in [0.5, 0.6) is 17.2 Å². The summed E-state index contributed by atoms with van der Waals surface area (Å²) in [5, 5.41) is 2.01. The summed E-state index contributed by atoms with van der Waals surface area (Å²) in [5.41, 5.74) is 1.95. The quantitative estimate of drug-likeness (QED) is 0.288. The Bertz CT molecular complexity index is 1310. The number of carbonyl (C=O) groups is 2. The molecule has 4 aliphatic rings. The minimum atomic E-state index is -0.344. The van der Waals surface area contributed by atoms with Crippen molar-refractivity contribution in [3.63, 3.8) is 0 Å². The van der Waals surface area contributed by atoms with E-state index in [0.717, 1.165) is 58.5 Å². The summed E-state index contributed by atoms with van der Waals surface area (Å²) in [6.07, 6.45) is 6.99. The molecule has 0 unspecified atom stereocenters. The van der Waals surface area contributed by atoms with Gasteiger partial charge in [0.05, 0.1) is 13.2 Å². The van der Waals surface area contributed by atoms with E-state index >= 15 is 0 Å². The number of hydrogen-bond donors (Lipinski definition) is 0. The summed E-state index contributed by atoms with van der Waals surface area (Å²) in [7, 11) is 5.71. The van der Waals surface area contributed by atoms with Gasteiger partial charge in [0.25, 0.3) is 0 Å². The van der Waals surface area contributed by atoms with Crippen molar-refractivity contribution in [1.82, 2.24) is 9.80 Å². The fourth-order valence-electron chi connectivity index (χ4n) is 7.39. The maximum absolute atomic E-state index is 13.4. The largest absolute Gasteiger partial charge is 0.493 e. The summed E-state index contributed by atoms with van der Waals surface area (Å²) < 4.78 is 19.3. The van der Waals surface area contributed by atoms with Crippen LogP contribution >= 0.6 is 27.3 Å². The number of nitrogens with zero attached hydrogens (tertiary/aromatic N) is 2. The molecule has 2 aliphatic heterocycles. The Hall–Kier alpha value is -2.36. The van der Waals surface area contributed by atoms with Crippen molar-refractivity contribution in [3.05, 3.63) is 44.1 Å². The van der Waals surface area contributed by atoms with Crippen molar-refractivity contribution >= 4 is 45.2 Å². The number of amides is 1. The molecule has 5 atom stereocenters.